The maximum Gasteiger partial charge on any atom is 1.00 e. The average molecular weight is 249 g/mol. The Balaban J connectivity index is 0.00000256. The Morgan fingerprint density at radius 2 is 1.88 bits per heavy atom. The van der Waals surface area contributed by atoms with Gasteiger partial charge in [-0.2, -0.15) is 0 Å². The van der Waals surface area contributed by atoms with Crippen LogP contribution in [0.25, 0.3) is 0 Å². The number of carbonyl (C=O) groups is 3. The Kier molecular flexibility index (Phi) is 5.84. The fraction of sp³-hybridized carbons (Fsp3) is 0.727. The van der Waals surface area contributed by atoms with Crippen LogP contribution in [0, 0.1) is 11.3 Å². The molecule has 0 aromatic carbocycles. The topological polar surface area (TPSA) is 66.5 Å². The number of imide groups is 2. The van der Waals surface area contributed by atoms with E-state index in [1.54, 1.807) is 6.92 Å². The van der Waals surface area contributed by atoms with Gasteiger partial charge in [0, 0.05) is 7.05 Å². The van der Waals surface area contributed by atoms with Crippen LogP contribution < -0.4 is 34.9 Å². The van der Waals surface area contributed by atoms with E-state index in [0.717, 1.165) is 17.7 Å². The molecule has 5 nitrogen and oxygen atoms in total. The van der Waals surface area contributed by atoms with Crippen LogP contribution in [0.4, 0.5) is 4.79 Å². The first-order chi connectivity index (χ1) is 7.35. The Morgan fingerprint density at radius 3 is 2.35 bits per heavy atom. The quantitative estimate of drug-likeness (QED) is 0.471. The van der Waals surface area contributed by atoms with Crippen molar-refractivity contribution in [3.05, 3.63) is 0 Å². The maximum absolute atomic E-state index is 12.0. The molecule has 6 heteroatoms. The number of nitrogens with zero attached hydrogens (tertiary/aromatic N) is 1. The number of hydrogen-bond donors (Lipinski definition) is 1. The van der Waals surface area contributed by atoms with Crippen molar-refractivity contribution in [1.82, 2.24) is 10.2 Å². The normalized spacial score (nSPS) is 26.4. The van der Waals surface area contributed by atoms with Gasteiger partial charge >= 0.3 is 35.6 Å². The number of carbonyl (C=O) groups excluding carboxylic acids is 3. The van der Waals surface area contributed by atoms with E-state index in [1.807, 2.05) is 13.8 Å². The molecule has 0 aromatic rings. The van der Waals surface area contributed by atoms with Gasteiger partial charge < -0.3 is 0 Å². The molecule has 1 heterocycles. The molecule has 0 aromatic heterocycles. The summed E-state index contributed by atoms with van der Waals surface area (Å²) in [4.78, 5) is 36.1. The van der Waals surface area contributed by atoms with Gasteiger partial charge in [0.05, 0.1) is 0 Å². The number of nitrogens with one attached hydrogen (secondary N) is 1. The predicted molar refractivity (Wildman–Crippen MR) is 58.5 cm³/mol. The second-order valence-electron chi connectivity index (χ2n) is 4.52. The summed E-state index contributed by atoms with van der Waals surface area (Å²) in [7, 11) is 1.39. The van der Waals surface area contributed by atoms with E-state index in [9.17, 15) is 14.4 Å². The van der Waals surface area contributed by atoms with Crippen molar-refractivity contribution in [1.29, 1.82) is 0 Å². The first-order valence-electron chi connectivity index (χ1n) is 5.49. The summed E-state index contributed by atoms with van der Waals surface area (Å²) in [5, 5.41) is 2.22. The molecular formula is C11H18N2NaO3+. The molecule has 1 fully saturated rings. The van der Waals surface area contributed by atoms with Gasteiger partial charge in [-0.25, -0.2) is 4.79 Å². The molecule has 0 saturated carbocycles. The third-order valence-corrected chi connectivity index (χ3v) is 3.45. The largest absolute Gasteiger partial charge is 1.00 e. The number of amides is 4. The molecule has 17 heavy (non-hydrogen) atoms. The van der Waals surface area contributed by atoms with Gasteiger partial charge in [0.1, 0.15) is 5.41 Å². The molecule has 2 atom stereocenters. The van der Waals surface area contributed by atoms with Crippen LogP contribution in [0.1, 0.15) is 33.6 Å². The smallest absolute Gasteiger partial charge is 0.277 e. The Hall–Kier alpha value is -0.390. The van der Waals surface area contributed by atoms with Gasteiger partial charge in [-0.3, -0.25) is 19.8 Å². The first kappa shape index (κ1) is 16.6. The third-order valence-electron chi connectivity index (χ3n) is 3.45. The van der Waals surface area contributed by atoms with Gasteiger partial charge in [0.2, 0.25) is 11.8 Å². The molecule has 1 aliphatic heterocycles. The van der Waals surface area contributed by atoms with Gasteiger partial charge in [-0.15, -0.1) is 0 Å². The molecule has 90 valence electrons. The van der Waals surface area contributed by atoms with E-state index in [0.29, 0.717) is 0 Å². The molecule has 1 aliphatic rings. The Labute approximate surface area is 124 Å². The molecule has 0 radical (unpaired) electrons. The minimum atomic E-state index is -1.13. The standard InChI is InChI=1S/C11H18N2O3.Na/c1-5-6-7(2)11(3)8(14)12-10(16)13(4)9(11)15;/h7H,5-6H2,1-4H3,(H,12,14,16);/q;+1. The van der Waals surface area contributed by atoms with Crippen LogP contribution in [0.15, 0.2) is 0 Å². The molecule has 4 amide bonds. The van der Waals surface area contributed by atoms with E-state index >= 15 is 0 Å². The van der Waals surface area contributed by atoms with Crippen LogP contribution in [-0.2, 0) is 9.59 Å². The van der Waals surface area contributed by atoms with Crippen molar-refractivity contribution in [2.75, 3.05) is 7.05 Å². The molecule has 1 rings (SSSR count). The molecule has 1 N–H and O–H groups in total. The Bertz CT molecular complexity index is 346. The third kappa shape index (κ3) is 2.72. The molecule has 2 unspecified atom stereocenters. The molecular weight excluding hydrogens is 231 g/mol. The summed E-state index contributed by atoms with van der Waals surface area (Å²) in [6.45, 7) is 5.47. The first-order valence-corrected chi connectivity index (χ1v) is 5.49. The molecule has 1 saturated heterocycles. The number of rotatable bonds is 3. The van der Waals surface area contributed by atoms with Crippen LogP contribution in [-0.4, -0.2) is 29.8 Å². The summed E-state index contributed by atoms with van der Waals surface area (Å²) >= 11 is 0. The summed E-state index contributed by atoms with van der Waals surface area (Å²) in [6.07, 6.45) is 1.67. The maximum atomic E-state index is 12.0. The van der Waals surface area contributed by atoms with Crippen LogP contribution in [0.3, 0.4) is 0 Å². The summed E-state index contributed by atoms with van der Waals surface area (Å²) in [5.41, 5.74) is -1.13. The Morgan fingerprint density at radius 1 is 1.35 bits per heavy atom. The van der Waals surface area contributed by atoms with Gasteiger partial charge in [0.25, 0.3) is 0 Å². The van der Waals surface area contributed by atoms with Crippen molar-refractivity contribution in [3.8, 4) is 0 Å². The minimum absolute atomic E-state index is 0. The van der Waals surface area contributed by atoms with Gasteiger partial charge in [-0.1, -0.05) is 20.3 Å². The van der Waals surface area contributed by atoms with Crippen LogP contribution in [0.5, 0.6) is 0 Å². The second kappa shape index (κ2) is 5.98. The number of hydrogen-bond acceptors (Lipinski definition) is 3. The van der Waals surface area contributed by atoms with E-state index in [1.165, 1.54) is 7.05 Å². The van der Waals surface area contributed by atoms with Gasteiger partial charge in [0.15, 0.2) is 0 Å². The van der Waals surface area contributed by atoms with Crippen molar-refractivity contribution >= 4 is 17.8 Å². The van der Waals surface area contributed by atoms with Crippen molar-refractivity contribution in [2.45, 2.75) is 33.6 Å². The van der Waals surface area contributed by atoms with Crippen LogP contribution in [0.2, 0.25) is 0 Å². The average Bonchev–Trinajstić information content (AvgIpc) is 2.24. The molecule has 0 spiro atoms. The predicted octanol–water partition coefficient (Wildman–Crippen LogP) is -1.86. The van der Waals surface area contributed by atoms with E-state index in [4.69, 9.17) is 0 Å². The molecule has 0 aliphatic carbocycles. The zero-order valence-electron chi connectivity index (χ0n) is 11.2. The SMILES string of the molecule is CCCC(C)C1(C)C(=O)NC(=O)N(C)C1=O.[Na+]. The second-order valence-corrected chi connectivity index (χ2v) is 4.52. The minimum Gasteiger partial charge on any atom is -0.277 e. The van der Waals surface area contributed by atoms with E-state index in [2.05, 4.69) is 5.32 Å². The van der Waals surface area contributed by atoms with Gasteiger partial charge in [-0.05, 0) is 19.3 Å². The summed E-state index contributed by atoms with van der Waals surface area (Å²) < 4.78 is 0. The molecule has 0 bridgehead atoms. The zero-order chi connectivity index (χ0) is 12.5. The fourth-order valence-corrected chi connectivity index (χ4v) is 2.00. The summed E-state index contributed by atoms with van der Waals surface area (Å²) in [6, 6.07) is -0.642. The summed E-state index contributed by atoms with van der Waals surface area (Å²) in [5.74, 6) is -0.982. The van der Waals surface area contributed by atoms with Crippen LogP contribution >= 0.6 is 0 Å². The zero-order valence-corrected chi connectivity index (χ0v) is 13.2. The monoisotopic (exact) mass is 249 g/mol. The number of barbiturate groups is 1. The van der Waals surface area contributed by atoms with Crippen molar-refractivity contribution in [2.24, 2.45) is 11.3 Å². The van der Waals surface area contributed by atoms with E-state index in [-0.39, 0.29) is 35.5 Å². The van der Waals surface area contributed by atoms with Crippen molar-refractivity contribution < 1.29 is 43.9 Å². The fourth-order valence-electron chi connectivity index (χ4n) is 2.00. The van der Waals surface area contributed by atoms with E-state index < -0.39 is 23.3 Å². The van der Waals surface area contributed by atoms with Crippen molar-refractivity contribution in [3.63, 3.8) is 0 Å². The number of urea groups is 1.